The summed E-state index contributed by atoms with van der Waals surface area (Å²) in [6.45, 7) is 4.03. The van der Waals surface area contributed by atoms with Gasteiger partial charge in [-0.25, -0.2) is 9.78 Å². The van der Waals surface area contributed by atoms with Crippen LogP contribution < -0.4 is 16.4 Å². The Morgan fingerprint density at radius 3 is 3.00 bits per heavy atom. The molecule has 1 aromatic heterocycles. The van der Waals surface area contributed by atoms with Crippen LogP contribution in [0, 0.1) is 6.92 Å². The van der Waals surface area contributed by atoms with E-state index in [0.717, 1.165) is 12.2 Å². The summed E-state index contributed by atoms with van der Waals surface area (Å²) in [6, 6.07) is -0.485. The van der Waals surface area contributed by atoms with Crippen LogP contribution in [-0.2, 0) is 6.54 Å². The first kappa shape index (κ1) is 10.9. The summed E-state index contributed by atoms with van der Waals surface area (Å²) < 4.78 is 0. The number of nitrogens with two attached hydrogens (primary N) is 1. The summed E-state index contributed by atoms with van der Waals surface area (Å²) in [5.41, 5.74) is 7.80. The van der Waals surface area contributed by atoms with Gasteiger partial charge in [0.05, 0.1) is 11.2 Å². The lowest BCUT2D eigenvalue weighted by Crippen LogP contribution is -2.35. The molecule has 1 heterocycles. The fourth-order valence-corrected chi connectivity index (χ4v) is 1.72. The molecule has 1 rings (SSSR count). The molecule has 0 saturated heterocycles. The van der Waals surface area contributed by atoms with Crippen LogP contribution in [0.4, 0.5) is 4.79 Å². The van der Waals surface area contributed by atoms with E-state index < -0.39 is 6.03 Å². The van der Waals surface area contributed by atoms with Crippen LogP contribution in [0.1, 0.15) is 10.6 Å². The molecule has 0 aliphatic carbocycles. The number of primary amides is 1. The maximum Gasteiger partial charge on any atom is 0.312 e. The summed E-state index contributed by atoms with van der Waals surface area (Å²) in [5.74, 6) is 0. The molecular weight excluding hydrogens is 200 g/mol. The van der Waals surface area contributed by atoms with Gasteiger partial charge in [-0.3, -0.25) is 0 Å². The van der Waals surface area contributed by atoms with Crippen LogP contribution >= 0.6 is 11.3 Å². The largest absolute Gasteiger partial charge is 0.352 e. The third-order valence-electron chi connectivity index (χ3n) is 1.73. The van der Waals surface area contributed by atoms with Crippen molar-refractivity contribution in [2.75, 3.05) is 13.1 Å². The number of carbonyl (C=O) groups is 1. The number of rotatable bonds is 5. The van der Waals surface area contributed by atoms with Crippen LogP contribution in [0.5, 0.6) is 0 Å². The van der Waals surface area contributed by atoms with E-state index in [2.05, 4.69) is 15.6 Å². The Labute approximate surface area is 86.7 Å². The second-order valence-electron chi connectivity index (χ2n) is 2.83. The second kappa shape index (κ2) is 5.56. The van der Waals surface area contributed by atoms with Gasteiger partial charge in [-0.15, -0.1) is 11.3 Å². The zero-order valence-electron chi connectivity index (χ0n) is 8.04. The van der Waals surface area contributed by atoms with E-state index in [1.54, 1.807) is 11.3 Å². The van der Waals surface area contributed by atoms with Crippen molar-refractivity contribution >= 4 is 17.4 Å². The third-order valence-corrected chi connectivity index (χ3v) is 2.67. The Hall–Kier alpha value is -1.14. The minimum absolute atomic E-state index is 0.485. The van der Waals surface area contributed by atoms with E-state index in [0.29, 0.717) is 13.1 Å². The maximum atomic E-state index is 10.3. The monoisotopic (exact) mass is 214 g/mol. The van der Waals surface area contributed by atoms with Crippen molar-refractivity contribution in [3.05, 3.63) is 16.1 Å². The first-order valence-electron chi connectivity index (χ1n) is 4.33. The zero-order chi connectivity index (χ0) is 10.4. The summed E-state index contributed by atoms with van der Waals surface area (Å²) >= 11 is 1.63. The molecule has 6 heteroatoms. The molecule has 1 aromatic rings. The number of amides is 2. The molecule has 0 bridgehead atoms. The van der Waals surface area contributed by atoms with Gasteiger partial charge < -0.3 is 16.4 Å². The molecule has 0 radical (unpaired) electrons. The molecule has 0 unspecified atom stereocenters. The minimum atomic E-state index is -0.485. The topological polar surface area (TPSA) is 80.0 Å². The van der Waals surface area contributed by atoms with Gasteiger partial charge in [0.1, 0.15) is 0 Å². The highest BCUT2D eigenvalue weighted by Crippen LogP contribution is 2.10. The normalized spacial score (nSPS) is 10.1. The van der Waals surface area contributed by atoms with Crippen molar-refractivity contribution in [3.63, 3.8) is 0 Å². The number of aromatic nitrogens is 1. The van der Waals surface area contributed by atoms with Crippen molar-refractivity contribution in [3.8, 4) is 0 Å². The Morgan fingerprint density at radius 1 is 1.64 bits per heavy atom. The molecule has 2 amide bonds. The molecule has 0 aliphatic rings. The lowest BCUT2D eigenvalue weighted by molar-refractivity contribution is 0.249. The van der Waals surface area contributed by atoms with Crippen molar-refractivity contribution in [2.45, 2.75) is 13.5 Å². The lowest BCUT2D eigenvalue weighted by atomic mass is 10.4. The molecule has 0 atom stereocenters. The lowest BCUT2D eigenvalue weighted by Gasteiger charge is -2.03. The summed E-state index contributed by atoms with van der Waals surface area (Å²) in [4.78, 5) is 15.7. The van der Waals surface area contributed by atoms with Gasteiger partial charge in [-0.1, -0.05) is 0 Å². The van der Waals surface area contributed by atoms with Gasteiger partial charge in [-0.2, -0.15) is 0 Å². The molecular formula is C8H14N4OS. The maximum absolute atomic E-state index is 10.3. The molecule has 0 aliphatic heterocycles. The molecule has 5 nitrogen and oxygen atoms in total. The number of carbonyl (C=O) groups excluding carboxylic acids is 1. The van der Waals surface area contributed by atoms with Gasteiger partial charge in [0.2, 0.25) is 0 Å². The van der Waals surface area contributed by atoms with Crippen LogP contribution in [0.15, 0.2) is 5.51 Å². The fraction of sp³-hybridized carbons (Fsp3) is 0.500. The molecule has 14 heavy (non-hydrogen) atoms. The quantitative estimate of drug-likeness (QED) is 0.613. The standard InChI is InChI=1S/C8H14N4OS/c1-6-7(14-5-12-6)4-10-2-3-11-8(9)13/h5,10H,2-4H2,1H3,(H3,9,11,13). The van der Waals surface area contributed by atoms with Crippen molar-refractivity contribution in [1.82, 2.24) is 15.6 Å². The predicted molar refractivity (Wildman–Crippen MR) is 56.1 cm³/mol. The fourth-order valence-electron chi connectivity index (χ4n) is 0.972. The number of thiazole rings is 1. The Balaban J connectivity index is 2.10. The van der Waals surface area contributed by atoms with Gasteiger partial charge in [0, 0.05) is 24.5 Å². The summed E-state index contributed by atoms with van der Waals surface area (Å²) in [5, 5.41) is 5.69. The van der Waals surface area contributed by atoms with E-state index in [1.807, 2.05) is 12.4 Å². The van der Waals surface area contributed by atoms with Gasteiger partial charge >= 0.3 is 6.03 Å². The van der Waals surface area contributed by atoms with E-state index in [-0.39, 0.29) is 0 Å². The number of nitrogens with one attached hydrogen (secondary N) is 2. The average Bonchev–Trinajstić information content (AvgIpc) is 2.51. The Kier molecular flexibility index (Phi) is 4.34. The predicted octanol–water partition coefficient (Wildman–Crippen LogP) is 0.209. The first-order valence-corrected chi connectivity index (χ1v) is 5.21. The first-order chi connectivity index (χ1) is 6.70. The molecule has 0 aromatic carbocycles. The van der Waals surface area contributed by atoms with Gasteiger partial charge in [-0.05, 0) is 6.92 Å². The van der Waals surface area contributed by atoms with Gasteiger partial charge in [0.15, 0.2) is 0 Å². The van der Waals surface area contributed by atoms with E-state index in [9.17, 15) is 4.79 Å². The smallest absolute Gasteiger partial charge is 0.312 e. The van der Waals surface area contributed by atoms with Crippen LogP contribution in [0.25, 0.3) is 0 Å². The number of nitrogens with zero attached hydrogens (tertiary/aromatic N) is 1. The minimum Gasteiger partial charge on any atom is -0.352 e. The van der Waals surface area contributed by atoms with Gasteiger partial charge in [0.25, 0.3) is 0 Å². The number of aryl methyl sites for hydroxylation is 1. The third kappa shape index (κ3) is 3.71. The zero-order valence-corrected chi connectivity index (χ0v) is 8.86. The SMILES string of the molecule is Cc1ncsc1CNCCNC(N)=O. The Bertz CT molecular complexity index is 299. The summed E-state index contributed by atoms with van der Waals surface area (Å²) in [7, 11) is 0. The van der Waals surface area contributed by atoms with Crippen LogP contribution in [0.2, 0.25) is 0 Å². The molecule has 0 fully saturated rings. The number of hydrogen-bond donors (Lipinski definition) is 3. The van der Waals surface area contributed by atoms with E-state index in [1.165, 1.54) is 4.88 Å². The van der Waals surface area contributed by atoms with Crippen molar-refractivity contribution < 1.29 is 4.79 Å². The molecule has 0 spiro atoms. The highest BCUT2D eigenvalue weighted by Gasteiger charge is 1.99. The van der Waals surface area contributed by atoms with Crippen molar-refractivity contribution in [1.29, 1.82) is 0 Å². The van der Waals surface area contributed by atoms with Crippen LogP contribution in [0.3, 0.4) is 0 Å². The highest BCUT2D eigenvalue weighted by molar-refractivity contribution is 7.09. The number of urea groups is 1. The molecule has 78 valence electrons. The highest BCUT2D eigenvalue weighted by atomic mass is 32.1. The average molecular weight is 214 g/mol. The van der Waals surface area contributed by atoms with E-state index >= 15 is 0 Å². The Morgan fingerprint density at radius 2 is 2.43 bits per heavy atom. The van der Waals surface area contributed by atoms with E-state index in [4.69, 9.17) is 5.73 Å². The molecule has 4 N–H and O–H groups in total. The summed E-state index contributed by atoms with van der Waals surface area (Å²) in [6.07, 6.45) is 0. The van der Waals surface area contributed by atoms with Crippen LogP contribution in [-0.4, -0.2) is 24.1 Å². The van der Waals surface area contributed by atoms with Crippen molar-refractivity contribution in [2.24, 2.45) is 5.73 Å². The second-order valence-corrected chi connectivity index (χ2v) is 3.77. The number of hydrogen-bond acceptors (Lipinski definition) is 4. The molecule has 0 saturated carbocycles.